The van der Waals surface area contributed by atoms with Crippen molar-refractivity contribution in [2.24, 2.45) is 5.92 Å². The average molecular weight is 280 g/mol. The zero-order valence-electron chi connectivity index (χ0n) is 10.6. The minimum atomic E-state index is -0.114. The van der Waals surface area contributed by atoms with Crippen LogP contribution in [0.15, 0.2) is 12.1 Å². The Labute approximate surface area is 115 Å². The van der Waals surface area contributed by atoms with Crippen LogP contribution in [0.4, 0.5) is 5.00 Å². The summed E-state index contributed by atoms with van der Waals surface area (Å²) in [5.74, 6) is 0.123. The molecule has 1 saturated heterocycles. The van der Waals surface area contributed by atoms with Gasteiger partial charge in [-0.25, -0.2) is 5.06 Å². The van der Waals surface area contributed by atoms with Gasteiger partial charge in [-0.1, -0.05) is 0 Å². The Hall–Kier alpha value is -1.40. The van der Waals surface area contributed by atoms with Gasteiger partial charge < -0.3 is 5.32 Å². The molecule has 1 N–H and O–H groups in total. The van der Waals surface area contributed by atoms with Crippen molar-refractivity contribution in [1.29, 1.82) is 0 Å². The highest BCUT2D eigenvalue weighted by Gasteiger charge is 2.30. The van der Waals surface area contributed by atoms with Crippen molar-refractivity contribution >= 4 is 28.2 Å². The number of thiophene rings is 1. The molecule has 2 fully saturated rings. The summed E-state index contributed by atoms with van der Waals surface area (Å²) < 4.78 is 0. The largest absolute Gasteiger partial charge is 0.317 e. The number of hydroxylamine groups is 2. The molecule has 1 aliphatic heterocycles. The van der Waals surface area contributed by atoms with E-state index in [0.29, 0.717) is 18.0 Å². The standard InChI is InChI=1S/C13H16N2O3S/c16-12(9-3-4-9)14-11-6-5-10(19-11)13(17)15-7-1-2-8-18-15/h5-6,9H,1-4,7-8H2,(H,14,16). The molecule has 2 aliphatic rings. The zero-order valence-corrected chi connectivity index (χ0v) is 11.4. The fourth-order valence-corrected chi connectivity index (χ4v) is 2.82. The van der Waals surface area contributed by atoms with Gasteiger partial charge in [0.15, 0.2) is 0 Å². The highest BCUT2D eigenvalue weighted by atomic mass is 32.1. The summed E-state index contributed by atoms with van der Waals surface area (Å²) in [7, 11) is 0. The number of hydrogen-bond donors (Lipinski definition) is 1. The molecule has 0 spiro atoms. The summed E-state index contributed by atoms with van der Waals surface area (Å²) in [6.07, 6.45) is 3.93. The van der Waals surface area contributed by atoms with Gasteiger partial charge in [-0.05, 0) is 37.8 Å². The third kappa shape index (κ3) is 2.96. The molecule has 0 unspecified atom stereocenters. The van der Waals surface area contributed by atoms with Crippen molar-refractivity contribution in [2.75, 3.05) is 18.5 Å². The zero-order chi connectivity index (χ0) is 13.2. The molecule has 19 heavy (non-hydrogen) atoms. The number of nitrogens with one attached hydrogen (secondary N) is 1. The Bertz CT molecular complexity index is 490. The van der Waals surface area contributed by atoms with E-state index in [4.69, 9.17) is 4.84 Å². The SMILES string of the molecule is O=C(Nc1ccc(C(=O)N2CCCCO2)s1)C1CC1. The van der Waals surface area contributed by atoms with Crippen molar-refractivity contribution in [3.05, 3.63) is 17.0 Å². The third-order valence-corrected chi connectivity index (χ3v) is 4.23. The van der Waals surface area contributed by atoms with Crippen molar-refractivity contribution < 1.29 is 14.4 Å². The van der Waals surface area contributed by atoms with Crippen molar-refractivity contribution in [1.82, 2.24) is 5.06 Å². The second-order valence-electron chi connectivity index (χ2n) is 4.88. The summed E-state index contributed by atoms with van der Waals surface area (Å²) in [6.45, 7) is 1.24. The second kappa shape index (κ2) is 5.30. The van der Waals surface area contributed by atoms with E-state index in [2.05, 4.69) is 5.32 Å². The van der Waals surface area contributed by atoms with Crippen LogP contribution in [0.3, 0.4) is 0 Å². The monoisotopic (exact) mass is 280 g/mol. The smallest absolute Gasteiger partial charge is 0.287 e. The number of anilines is 1. The maximum absolute atomic E-state index is 12.1. The molecule has 2 amide bonds. The van der Waals surface area contributed by atoms with Gasteiger partial charge in [0.2, 0.25) is 5.91 Å². The van der Waals surface area contributed by atoms with Gasteiger partial charge in [0.05, 0.1) is 16.5 Å². The van der Waals surface area contributed by atoms with Gasteiger partial charge in [-0.15, -0.1) is 11.3 Å². The predicted octanol–water partition coefficient (Wildman–Crippen LogP) is 2.26. The minimum absolute atomic E-state index is 0.0649. The fourth-order valence-electron chi connectivity index (χ4n) is 1.97. The lowest BCUT2D eigenvalue weighted by molar-refractivity contribution is -0.143. The Morgan fingerprint density at radius 2 is 2.16 bits per heavy atom. The number of hydrogen-bond acceptors (Lipinski definition) is 4. The van der Waals surface area contributed by atoms with E-state index >= 15 is 0 Å². The molecule has 2 heterocycles. The maximum Gasteiger partial charge on any atom is 0.287 e. The van der Waals surface area contributed by atoms with Crippen LogP contribution in [0.25, 0.3) is 0 Å². The van der Waals surface area contributed by atoms with E-state index in [-0.39, 0.29) is 17.7 Å². The molecule has 1 aromatic heterocycles. The van der Waals surface area contributed by atoms with E-state index in [1.165, 1.54) is 16.4 Å². The van der Waals surface area contributed by atoms with E-state index in [1.807, 2.05) is 0 Å². The van der Waals surface area contributed by atoms with E-state index < -0.39 is 0 Å². The topological polar surface area (TPSA) is 58.6 Å². The Morgan fingerprint density at radius 1 is 1.32 bits per heavy atom. The van der Waals surface area contributed by atoms with Gasteiger partial charge in [-0.2, -0.15) is 0 Å². The first-order valence-electron chi connectivity index (χ1n) is 6.59. The summed E-state index contributed by atoms with van der Waals surface area (Å²) in [4.78, 5) is 29.7. The number of carbonyl (C=O) groups is 2. The predicted molar refractivity (Wildman–Crippen MR) is 71.9 cm³/mol. The number of nitrogens with zero attached hydrogens (tertiary/aromatic N) is 1. The molecular weight excluding hydrogens is 264 g/mol. The van der Waals surface area contributed by atoms with E-state index in [1.54, 1.807) is 12.1 Å². The molecule has 5 nitrogen and oxygen atoms in total. The van der Waals surface area contributed by atoms with Gasteiger partial charge >= 0.3 is 0 Å². The third-order valence-electron chi connectivity index (χ3n) is 3.24. The molecular formula is C13H16N2O3S. The Balaban J connectivity index is 1.62. The molecule has 1 saturated carbocycles. The summed E-state index contributed by atoms with van der Waals surface area (Å²) in [6, 6.07) is 3.52. The molecule has 3 rings (SSSR count). The van der Waals surface area contributed by atoms with E-state index in [0.717, 1.165) is 30.7 Å². The van der Waals surface area contributed by atoms with E-state index in [9.17, 15) is 9.59 Å². The molecule has 102 valence electrons. The fraction of sp³-hybridized carbons (Fsp3) is 0.538. The van der Waals surface area contributed by atoms with Crippen LogP contribution in [-0.4, -0.2) is 30.0 Å². The lowest BCUT2D eigenvalue weighted by Gasteiger charge is -2.25. The van der Waals surface area contributed by atoms with Crippen LogP contribution in [-0.2, 0) is 9.63 Å². The van der Waals surface area contributed by atoms with Crippen LogP contribution in [0.1, 0.15) is 35.4 Å². The summed E-state index contributed by atoms with van der Waals surface area (Å²) in [5.41, 5.74) is 0. The molecule has 0 bridgehead atoms. The Kier molecular flexibility index (Phi) is 3.52. The summed E-state index contributed by atoms with van der Waals surface area (Å²) >= 11 is 1.30. The average Bonchev–Trinajstić information content (AvgIpc) is 3.20. The molecule has 6 heteroatoms. The molecule has 1 aliphatic carbocycles. The normalized spacial score (nSPS) is 19.3. The summed E-state index contributed by atoms with van der Waals surface area (Å²) in [5, 5.41) is 5.00. The molecule has 0 aromatic carbocycles. The molecule has 0 atom stereocenters. The van der Waals surface area contributed by atoms with Crippen LogP contribution in [0.5, 0.6) is 0 Å². The Morgan fingerprint density at radius 3 is 2.84 bits per heavy atom. The number of rotatable bonds is 3. The van der Waals surface area contributed by atoms with Crippen LogP contribution < -0.4 is 5.32 Å². The lowest BCUT2D eigenvalue weighted by atomic mass is 10.3. The second-order valence-corrected chi connectivity index (χ2v) is 5.96. The van der Waals surface area contributed by atoms with Crippen LogP contribution >= 0.6 is 11.3 Å². The highest BCUT2D eigenvalue weighted by Crippen LogP contribution is 2.32. The van der Waals surface area contributed by atoms with Crippen molar-refractivity contribution in [3.63, 3.8) is 0 Å². The van der Waals surface area contributed by atoms with Crippen molar-refractivity contribution in [2.45, 2.75) is 25.7 Å². The lowest BCUT2D eigenvalue weighted by Crippen LogP contribution is -2.35. The first kappa shape index (κ1) is 12.6. The minimum Gasteiger partial charge on any atom is -0.317 e. The highest BCUT2D eigenvalue weighted by molar-refractivity contribution is 7.18. The van der Waals surface area contributed by atoms with Gasteiger partial charge in [0.1, 0.15) is 0 Å². The number of carbonyl (C=O) groups excluding carboxylic acids is 2. The van der Waals surface area contributed by atoms with Crippen LogP contribution in [0, 0.1) is 5.92 Å². The van der Waals surface area contributed by atoms with Crippen molar-refractivity contribution in [3.8, 4) is 0 Å². The number of amides is 2. The first-order chi connectivity index (χ1) is 9.24. The van der Waals surface area contributed by atoms with Gasteiger partial charge in [0.25, 0.3) is 5.91 Å². The molecule has 1 aromatic rings. The first-order valence-corrected chi connectivity index (χ1v) is 7.41. The van der Waals surface area contributed by atoms with Crippen LogP contribution in [0.2, 0.25) is 0 Å². The van der Waals surface area contributed by atoms with Gasteiger partial charge in [-0.3, -0.25) is 14.4 Å². The van der Waals surface area contributed by atoms with Gasteiger partial charge in [0, 0.05) is 12.5 Å². The maximum atomic E-state index is 12.1. The quantitative estimate of drug-likeness (QED) is 0.924. The molecule has 0 radical (unpaired) electrons.